The molecule has 0 bridgehead atoms. The van der Waals surface area contributed by atoms with Crippen LogP contribution in [0.2, 0.25) is 5.02 Å². The monoisotopic (exact) mass is 435 g/mol. The molecule has 0 aliphatic carbocycles. The highest BCUT2D eigenvalue weighted by molar-refractivity contribution is 6.31. The number of halogens is 2. The highest BCUT2D eigenvalue weighted by Crippen LogP contribution is 2.34. The first-order valence-electron chi connectivity index (χ1n) is 10.1. The molecule has 1 aromatic heterocycles. The van der Waals surface area contributed by atoms with Gasteiger partial charge in [0, 0.05) is 21.8 Å². The van der Waals surface area contributed by atoms with Crippen molar-refractivity contribution in [1.29, 1.82) is 0 Å². The van der Waals surface area contributed by atoms with Crippen LogP contribution in [0.5, 0.6) is 5.75 Å². The van der Waals surface area contributed by atoms with Gasteiger partial charge in [0.1, 0.15) is 5.75 Å². The molecule has 1 N–H and O–H groups in total. The van der Waals surface area contributed by atoms with E-state index in [1.807, 2.05) is 24.3 Å². The van der Waals surface area contributed by atoms with Gasteiger partial charge in [0.2, 0.25) is 0 Å². The van der Waals surface area contributed by atoms with Gasteiger partial charge in [-0.05, 0) is 75.8 Å². The molecule has 29 heavy (non-hydrogen) atoms. The van der Waals surface area contributed by atoms with Crippen LogP contribution in [0.15, 0.2) is 36.4 Å². The maximum absolute atomic E-state index is 6.22. The number of nitrogens with one attached hydrogen (secondary N) is 1. The summed E-state index contributed by atoms with van der Waals surface area (Å²) in [7, 11) is 1.69. The predicted octanol–water partition coefficient (Wildman–Crippen LogP) is 6.39. The summed E-state index contributed by atoms with van der Waals surface area (Å²) in [6, 6.07) is 12.3. The van der Waals surface area contributed by atoms with E-state index in [-0.39, 0.29) is 12.4 Å². The molecule has 0 saturated carbocycles. The van der Waals surface area contributed by atoms with E-state index in [2.05, 4.69) is 43.1 Å². The third kappa shape index (κ3) is 5.65. The van der Waals surface area contributed by atoms with E-state index in [4.69, 9.17) is 21.3 Å². The van der Waals surface area contributed by atoms with E-state index >= 15 is 0 Å². The summed E-state index contributed by atoms with van der Waals surface area (Å²) in [5, 5.41) is 6.61. The molecule has 2 aromatic carbocycles. The molecule has 1 atom stereocenters. The van der Waals surface area contributed by atoms with Gasteiger partial charge in [-0.25, -0.2) is 4.98 Å². The fourth-order valence-corrected chi connectivity index (χ4v) is 3.82. The Bertz CT molecular complexity index is 944. The number of nitrogens with zero attached hydrogens (tertiary/aromatic N) is 2. The molecule has 0 unspecified atom stereocenters. The van der Waals surface area contributed by atoms with Gasteiger partial charge < -0.3 is 15.0 Å². The molecule has 0 aliphatic rings. The Morgan fingerprint density at radius 1 is 1.07 bits per heavy atom. The lowest BCUT2D eigenvalue weighted by Gasteiger charge is -2.22. The molecule has 0 aliphatic heterocycles. The first-order valence-corrected chi connectivity index (χ1v) is 10.5. The van der Waals surface area contributed by atoms with Crippen LogP contribution < -0.4 is 10.1 Å². The van der Waals surface area contributed by atoms with Crippen LogP contribution in [0, 0.1) is 0 Å². The van der Waals surface area contributed by atoms with E-state index in [1.165, 1.54) is 6.42 Å². The van der Waals surface area contributed by atoms with Crippen molar-refractivity contribution in [2.75, 3.05) is 32.1 Å². The lowest BCUT2D eigenvalue weighted by molar-refractivity contribution is 0.295. The van der Waals surface area contributed by atoms with Crippen LogP contribution in [0.4, 0.5) is 5.69 Å². The quantitative estimate of drug-likeness (QED) is 0.394. The number of methoxy groups -OCH3 is 1. The molecule has 0 spiro atoms. The number of hydrogen-bond donors (Lipinski definition) is 1. The lowest BCUT2D eigenvalue weighted by Crippen LogP contribution is -2.25. The highest BCUT2D eigenvalue weighted by atomic mass is 35.5. The lowest BCUT2D eigenvalue weighted by atomic mass is 10.1. The zero-order valence-electron chi connectivity index (χ0n) is 17.7. The Kier molecular flexibility index (Phi) is 8.81. The second kappa shape index (κ2) is 10.9. The molecule has 0 amide bonds. The van der Waals surface area contributed by atoms with Crippen molar-refractivity contribution in [2.24, 2.45) is 0 Å². The highest BCUT2D eigenvalue weighted by Gasteiger charge is 2.13. The van der Waals surface area contributed by atoms with Gasteiger partial charge in [-0.2, -0.15) is 0 Å². The SMILES string of the molecule is CCN(CC)CCC[C@H](C)Nc1c2ccc(Cl)cc2nc2ccc(OC)cc12.Cl. The minimum Gasteiger partial charge on any atom is -0.497 e. The molecule has 3 aromatic rings. The number of rotatable bonds is 9. The Hall–Kier alpha value is -1.75. The predicted molar refractivity (Wildman–Crippen MR) is 128 cm³/mol. The second-order valence-corrected chi connectivity index (χ2v) is 7.68. The summed E-state index contributed by atoms with van der Waals surface area (Å²) in [6.07, 6.45) is 2.28. The molecule has 0 saturated heterocycles. The minimum atomic E-state index is 0. The number of benzene rings is 2. The first kappa shape index (κ1) is 23.5. The largest absolute Gasteiger partial charge is 0.497 e. The van der Waals surface area contributed by atoms with Gasteiger partial charge in [0.05, 0.1) is 23.8 Å². The number of anilines is 1. The van der Waals surface area contributed by atoms with Crippen molar-refractivity contribution >= 4 is 51.5 Å². The molecule has 4 nitrogen and oxygen atoms in total. The maximum Gasteiger partial charge on any atom is 0.119 e. The summed E-state index contributed by atoms with van der Waals surface area (Å²) in [5.41, 5.74) is 2.95. The standard InChI is InChI=1S/C23H30ClN3O.ClH/c1-5-27(6-2)13-7-8-16(3)25-23-19-11-9-17(24)14-22(19)26-21-12-10-18(28-4)15-20(21)23;/h9-12,14-16H,5-8,13H2,1-4H3,(H,25,26);1H/t16-;/m0./s1. The van der Waals surface area contributed by atoms with Crippen molar-refractivity contribution in [3.63, 3.8) is 0 Å². The average Bonchev–Trinajstić information content (AvgIpc) is 2.70. The number of pyridine rings is 1. The fraction of sp³-hybridized carbons (Fsp3) is 0.435. The van der Waals surface area contributed by atoms with Crippen LogP contribution in [0.3, 0.4) is 0 Å². The second-order valence-electron chi connectivity index (χ2n) is 7.25. The summed E-state index contributed by atoms with van der Waals surface area (Å²) in [6.45, 7) is 10.0. The third-order valence-electron chi connectivity index (χ3n) is 5.34. The van der Waals surface area contributed by atoms with Crippen LogP contribution in [0.1, 0.15) is 33.6 Å². The van der Waals surface area contributed by atoms with Crippen molar-refractivity contribution in [3.05, 3.63) is 41.4 Å². The average molecular weight is 436 g/mol. The molecular formula is C23H31Cl2N3O. The van der Waals surface area contributed by atoms with Crippen molar-refractivity contribution < 1.29 is 4.74 Å². The van der Waals surface area contributed by atoms with Gasteiger partial charge in [-0.1, -0.05) is 25.4 Å². The summed E-state index contributed by atoms with van der Waals surface area (Å²) < 4.78 is 5.45. The molecule has 0 radical (unpaired) electrons. The Labute approximate surface area is 185 Å². The van der Waals surface area contributed by atoms with Crippen molar-refractivity contribution in [3.8, 4) is 5.75 Å². The van der Waals surface area contributed by atoms with Crippen LogP contribution in [-0.2, 0) is 0 Å². The smallest absolute Gasteiger partial charge is 0.119 e. The number of hydrogen-bond acceptors (Lipinski definition) is 4. The molecule has 6 heteroatoms. The molecule has 0 fully saturated rings. The summed E-state index contributed by atoms with van der Waals surface area (Å²) in [4.78, 5) is 7.27. The number of ether oxygens (including phenoxy) is 1. The molecule has 3 rings (SSSR count). The first-order chi connectivity index (χ1) is 13.5. The van der Waals surface area contributed by atoms with Gasteiger partial charge in [0.25, 0.3) is 0 Å². The Balaban J connectivity index is 0.00000300. The van der Waals surface area contributed by atoms with Gasteiger partial charge in [0.15, 0.2) is 0 Å². The molecule has 158 valence electrons. The van der Waals surface area contributed by atoms with Crippen LogP contribution in [-0.4, -0.2) is 42.7 Å². The van der Waals surface area contributed by atoms with Crippen molar-refractivity contribution in [2.45, 2.75) is 39.7 Å². The maximum atomic E-state index is 6.22. The van der Waals surface area contributed by atoms with Gasteiger partial charge >= 0.3 is 0 Å². The fourth-order valence-electron chi connectivity index (χ4n) is 3.66. The topological polar surface area (TPSA) is 37.4 Å². The zero-order valence-corrected chi connectivity index (χ0v) is 19.2. The Morgan fingerprint density at radius 2 is 1.83 bits per heavy atom. The molecule has 1 heterocycles. The van der Waals surface area contributed by atoms with E-state index in [0.29, 0.717) is 11.1 Å². The minimum absolute atomic E-state index is 0. The van der Waals surface area contributed by atoms with Crippen LogP contribution in [0.25, 0.3) is 21.8 Å². The summed E-state index contributed by atoms with van der Waals surface area (Å²) in [5.74, 6) is 0.833. The van der Waals surface area contributed by atoms with E-state index in [1.54, 1.807) is 7.11 Å². The van der Waals surface area contributed by atoms with E-state index < -0.39 is 0 Å². The van der Waals surface area contributed by atoms with Crippen LogP contribution >= 0.6 is 24.0 Å². The Morgan fingerprint density at radius 3 is 2.52 bits per heavy atom. The van der Waals surface area contributed by atoms with Crippen molar-refractivity contribution in [1.82, 2.24) is 9.88 Å². The van der Waals surface area contributed by atoms with E-state index in [9.17, 15) is 0 Å². The number of aromatic nitrogens is 1. The number of fused-ring (bicyclic) bond motifs is 2. The van der Waals surface area contributed by atoms with Gasteiger partial charge in [-0.3, -0.25) is 0 Å². The molecular weight excluding hydrogens is 405 g/mol. The van der Waals surface area contributed by atoms with Gasteiger partial charge in [-0.15, -0.1) is 12.4 Å². The zero-order chi connectivity index (χ0) is 20.1. The third-order valence-corrected chi connectivity index (χ3v) is 5.57. The summed E-state index contributed by atoms with van der Waals surface area (Å²) >= 11 is 6.22. The normalized spacial score (nSPS) is 12.2. The van der Waals surface area contributed by atoms with E-state index in [0.717, 1.165) is 59.3 Å².